The third-order valence-electron chi connectivity index (χ3n) is 2.41. The summed E-state index contributed by atoms with van der Waals surface area (Å²) in [4.78, 5) is 15.7. The topological polar surface area (TPSA) is 104 Å². The largest absolute Gasteiger partial charge is 0.395 e. The first-order valence-corrected chi connectivity index (χ1v) is 5.79. The molecule has 96 valence electrons. The zero-order valence-corrected chi connectivity index (χ0v) is 10.5. The summed E-state index contributed by atoms with van der Waals surface area (Å²) in [6, 6.07) is 3.04. The fourth-order valence-corrected chi connectivity index (χ4v) is 1.36. The van der Waals surface area contributed by atoms with Gasteiger partial charge in [-0.25, -0.2) is 4.98 Å². The number of carbonyl (C=O) groups is 1. The van der Waals surface area contributed by atoms with Crippen LogP contribution in [0.1, 0.15) is 25.8 Å². The summed E-state index contributed by atoms with van der Waals surface area (Å²) in [6.07, 6.45) is 2.36. The molecule has 0 aliphatic rings. The molecule has 6 nitrogen and oxygen atoms in total. The number of nitrogens with zero attached hydrogens (tertiary/aromatic N) is 2. The summed E-state index contributed by atoms with van der Waals surface area (Å²) in [6.45, 7) is 4.32. The van der Waals surface area contributed by atoms with Gasteiger partial charge >= 0.3 is 0 Å². The highest BCUT2D eigenvalue weighted by atomic mass is 16.2. The van der Waals surface area contributed by atoms with Crippen LogP contribution < -0.4 is 16.4 Å². The second-order valence-corrected chi connectivity index (χ2v) is 3.89. The molecule has 0 bridgehead atoms. The van der Waals surface area contributed by atoms with Crippen molar-refractivity contribution in [3.05, 3.63) is 17.8 Å². The van der Waals surface area contributed by atoms with E-state index in [1.165, 1.54) is 12.3 Å². The fourth-order valence-electron chi connectivity index (χ4n) is 1.36. The van der Waals surface area contributed by atoms with Crippen LogP contribution in [0.25, 0.3) is 0 Å². The van der Waals surface area contributed by atoms with Crippen molar-refractivity contribution in [2.24, 2.45) is 0 Å². The summed E-state index contributed by atoms with van der Waals surface area (Å²) in [5.74, 6) is 0.230. The van der Waals surface area contributed by atoms with Crippen LogP contribution in [0.4, 0.5) is 11.5 Å². The van der Waals surface area contributed by atoms with Crippen molar-refractivity contribution in [1.29, 1.82) is 5.26 Å². The zero-order chi connectivity index (χ0) is 13.5. The summed E-state index contributed by atoms with van der Waals surface area (Å²) in [5.41, 5.74) is 6.36. The molecule has 0 saturated heterocycles. The number of nitrogens with one attached hydrogen (secondary N) is 2. The predicted molar refractivity (Wildman–Crippen MR) is 69.7 cm³/mol. The fraction of sp³-hybridized carbons (Fsp3) is 0.417. The van der Waals surface area contributed by atoms with Crippen LogP contribution in [0, 0.1) is 11.3 Å². The zero-order valence-electron chi connectivity index (χ0n) is 10.5. The Morgan fingerprint density at radius 2 is 2.39 bits per heavy atom. The van der Waals surface area contributed by atoms with Gasteiger partial charge in [0.05, 0.1) is 11.3 Å². The Bertz CT molecular complexity index is 466. The average molecular weight is 247 g/mol. The molecule has 0 aliphatic carbocycles. The molecule has 0 saturated carbocycles. The summed E-state index contributed by atoms with van der Waals surface area (Å²) < 4.78 is 0. The van der Waals surface area contributed by atoms with E-state index in [0.717, 1.165) is 6.42 Å². The number of anilines is 2. The molecule has 0 radical (unpaired) electrons. The first-order chi connectivity index (χ1) is 8.60. The van der Waals surface area contributed by atoms with Gasteiger partial charge in [-0.1, -0.05) is 6.92 Å². The van der Waals surface area contributed by atoms with Crippen LogP contribution in [0.2, 0.25) is 0 Å². The van der Waals surface area contributed by atoms with E-state index in [-0.39, 0.29) is 11.6 Å². The lowest BCUT2D eigenvalue weighted by molar-refractivity contribution is -0.121. The maximum atomic E-state index is 11.7. The van der Waals surface area contributed by atoms with E-state index >= 15 is 0 Å². The van der Waals surface area contributed by atoms with Crippen molar-refractivity contribution in [2.75, 3.05) is 17.6 Å². The number of hydrogen-bond donors (Lipinski definition) is 3. The SMILES string of the molecule is CCCNC(=O)C(C)Nc1nccc(C#N)c1N. The minimum absolute atomic E-state index is 0.125. The Balaban J connectivity index is 2.73. The molecule has 1 rings (SSSR count). The molecule has 1 aromatic heterocycles. The Morgan fingerprint density at radius 3 is 3.00 bits per heavy atom. The van der Waals surface area contributed by atoms with Crippen LogP contribution >= 0.6 is 0 Å². The maximum Gasteiger partial charge on any atom is 0.242 e. The summed E-state index contributed by atoms with van der Waals surface area (Å²) in [7, 11) is 0. The molecule has 0 spiro atoms. The van der Waals surface area contributed by atoms with Gasteiger partial charge in [-0.2, -0.15) is 5.26 Å². The van der Waals surface area contributed by atoms with Crippen LogP contribution in [0.5, 0.6) is 0 Å². The van der Waals surface area contributed by atoms with Gasteiger partial charge in [-0.05, 0) is 19.4 Å². The molecule has 0 aromatic carbocycles. The highest BCUT2D eigenvalue weighted by molar-refractivity contribution is 5.85. The lowest BCUT2D eigenvalue weighted by atomic mass is 10.2. The van der Waals surface area contributed by atoms with E-state index in [4.69, 9.17) is 11.0 Å². The van der Waals surface area contributed by atoms with Crippen LogP contribution in [-0.2, 0) is 4.79 Å². The first kappa shape index (κ1) is 13.8. The van der Waals surface area contributed by atoms with Gasteiger partial charge < -0.3 is 16.4 Å². The lowest BCUT2D eigenvalue weighted by Gasteiger charge is -2.15. The minimum atomic E-state index is -0.458. The molecule has 1 heterocycles. The highest BCUT2D eigenvalue weighted by Gasteiger charge is 2.14. The number of nitrogen functional groups attached to an aromatic ring is 1. The molecule has 18 heavy (non-hydrogen) atoms. The molecule has 1 amide bonds. The van der Waals surface area contributed by atoms with Gasteiger partial charge in [-0.3, -0.25) is 4.79 Å². The monoisotopic (exact) mass is 247 g/mol. The van der Waals surface area contributed by atoms with Gasteiger partial charge in [0.2, 0.25) is 5.91 Å². The van der Waals surface area contributed by atoms with Crippen LogP contribution in [0.3, 0.4) is 0 Å². The molecular weight excluding hydrogens is 230 g/mol. The number of pyridine rings is 1. The number of amides is 1. The van der Waals surface area contributed by atoms with Gasteiger partial charge in [0, 0.05) is 12.7 Å². The van der Waals surface area contributed by atoms with E-state index in [1.807, 2.05) is 13.0 Å². The average Bonchev–Trinajstić information content (AvgIpc) is 2.38. The van der Waals surface area contributed by atoms with Gasteiger partial charge in [0.15, 0.2) is 5.82 Å². The maximum absolute atomic E-state index is 11.7. The molecule has 0 fully saturated rings. The Labute approximate surface area is 106 Å². The van der Waals surface area contributed by atoms with Crippen molar-refractivity contribution in [2.45, 2.75) is 26.3 Å². The van der Waals surface area contributed by atoms with Gasteiger partial charge in [-0.15, -0.1) is 0 Å². The van der Waals surface area contributed by atoms with E-state index in [1.54, 1.807) is 6.92 Å². The third-order valence-corrected chi connectivity index (χ3v) is 2.41. The minimum Gasteiger partial charge on any atom is -0.395 e. The van der Waals surface area contributed by atoms with Crippen molar-refractivity contribution < 1.29 is 4.79 Å². The molecule has 6 heteroatoms. The number of hydrogen-bond acceptors (Lipinski definition) is 5. The summed E-state index contributed by atoms with van der Waals surface area (Å²) >= 11 is 0. The molecule has 1 aromatic rings. The molecule has 4 N–H and O–H groups in total. The first-order valence-electron chi connectivity index (χ1n) is 5.79. The van der Waals surface area contributed by atoms with Crippen LogP contribution in [-0.4, -0.2) is 23.5 Å². The second-order valence-electron chi connectivity index (χ2n) is 3.89. The Morgan fingerprint density at radius 1 is 1.67 bits per heavy atom. The lowest BCUT2D eigenvalue weighted by Crippen LogP contribution is -2.38. The van der Waals surface area contributed by atoms with Gasteiger partial charge in [0.1, 0.15) is 12.1 Å². The normalized spacial score (nSPS) is 11.4. The number of nitrogens with two attached hydrogens (primary N) is 1. The second kappa shape index (κ2) is 6.45. The van der Waals surface area contributed by atoms with E-state index < -0.39 is 6.04 Å². The van der Waals surface area contributed by atoms with Crippen LogP contribution in [0.15, 0.2) is 12.3 Å². The highest BCUT2D eigenvalue weighted by Crippen LogP contribution is 2.19. The standard InChI is InChI=1S/C12H17N5O/c1-3-5-16-12(18)8(2)17-11-10(14)9(7-13)4-6-15-11/h4,6,8H,3,5,14H2,1-2H3,(H,15,17)(H,16,18). The Kier molecular flexibility index (Phi) is 4.93. The molecule has 1 unspecified atom stereocenters. The van der Waals surface area contributed by atoms with Crippen molar-refractivity contribution in [3.8, 4) is 6.07 Å². The van der Waals surface area contributed by atoms with Crippen molar-refractivity contribution >= 4 is 17.4 Å². The number of nitriles is 1. The van der Waals surface area contributed by atoms with Crippen molar-refractivity contribution in [1.82, 2.24) is 10.3 Å². The molecule has 1 atom stereocenters. The summed E-state index contributed by atoms with van der Waals surface area (Å²) in [5, 5.41) is 14.5. The predicted octanol–water partition coefficient (Wildman–Crippen LogP) is 0.862. The number of aromatic nitrogens is 1. The third kappa shape index (κ3) is 3.35. The van der Waals surface area contributed by atoms with E-state index in [0.29, 0.717) is 17.9 Å². The Hall–Kier alpha value is -2.29. The van der Waals surface area contributed by atoms with Crippen molar-refractivity contribution in [3.63, 3.8) is 0 Å². The molecular formula is C12H17N5O. The number of carbonyl (C=O) groups excluding carboxylic acids is 1. The molecule has 0 aliphatic heterocycles. The van der Waals surface area contributed by atoms with E-state index in [2.05, 4.69) is 15.6 Å². The van der Waals surface area contributed by atoms with E-state index in [9.17, 15) is 4.79 Å². The smallest absolute Gasteiger partial charge is 0.242 e. The number of rotatable bonds is 5. The quantitative estimate of drug-likeness (QED) is 0.716. The van der Waals surface area contributed by atoms with Gasteiger partial charge in [0.25, 0.3) is 0 Å².